The summed E-state index contributed by atoms with van der Waals surface area (Å²) in [5.74, 6) is 1.29. The Kier molecular flexibility index (Phi) is 5.06. The Bertz CT molecular complexity index is 425. The van der Waals surface area contributed by atoms with E-state index in [4.69, 9.17) is 4.74 Å². The van der Waals surface area contributed by atoms with E-state index in [0.29, 0.717) is 16.9 Å². The van der Waals surface area contributed by atoms with Crippen LogP contribution in [0.2, 0.25) is 0 Å². The smallest absolute Gasteiger partial charge is 0.172 e. The van der Waals surface area contributed by atoms with Crippen LogP contribution in [-0.4, -0.2) is 29.5 Å². The van der Waals surface area contributed by atoms with E-state index < -0.39 is 0 Å². The Hall–Kier alpha value is -0.800. The molecule has 0 N–H and O–H groups in total. The zero-order valence-electron chi connectivity index (χ0n) is 11.9. The first-order valence-electron chi connectivity index (χ1n) is 6.94. The lowest BCUT2D eigenvalue weighted by molar-refractivity contribution is 0.102. The Labute approximate surface area is 119 Å². The van der Waals surface area contributed by atoms with Crippen LogP contribution in [0.1, 0.15) is 49.0 Å². The molecule has 1 aromatic rings. The van der Waals surface area contributed by atoms with Gasteiger partial charge in [0, 0.05) is 17.4 Å². The Morgan fingerprint density at radius 1 is 1.37 bits per heavy atom. The quantitative estimate of drug-likeness (QED) is 0.764. The molecule has 1 aliphatic heterocycles. The fraction of sp³-hybridized carbons (Fsp3) is 0.562. The summed E-state index contributed by atoms with van der Waals surface area (Å²) in [6, 6.07) is 8.02. The van der Waals surface area contributed by atoms with Crippen LogP contribution >= 0.6 is 11.8 Å². The number of benzene rings is 1. The van der Waals surface area contributed by atoms with Gasteiger partial charge in [-0.05, 0) is 24.8 Å². The van der Waals surface area contributed by atoms with E-state index in [0.717, 1.165) is 18.6 Å². The van der Waals surface area contributed by atoms with Crippen molar-refractivity contribution in [3.05, 3.63) is 35.4 Å². The second kappa shape index (κ2) is 6.58. The predicted octanol–water partition coefficient (Wildman–Crippen LogP) is 3.90. The molecule has 0 amide bonds. The fourth-order valence-corrected chi connectivity index (χ4v) is 3.40. The summed E-state index contributed by atoms with van der Waals surface area (Å²) in [4.78, 5) is 12.1. The van der Waals surface area contributed by atoms with Crippen LogP contribution in [0.3, 0.4) is 0 Å². The number of ketones is 1. The minimum atomic E-state index is 0.222. The number of hydrogen-bond acceptors (Lipinski definition) is 3. The molecule has 1 aliphatic rings. The highest BCUT2D eigenvalue weighted by Crippen LogP contribution is 2.27. The normalized spacial score (nSPS) is 22.9. The topological polar surface area (TPSA) is 26.3 Å². The molecule has 0 aliphatic carbocycles. The minimum absolute atomic E-state index is 0.222. The summed E-state index contributed by atoms with van der Waals surface area (Å²) < 4.78 is 5.51. The lowest BCUT2D eigenvalue weighted by atomic mass is 10.0. The molecule has 2 rings (SSSR count). The van der Waals surface area contributed by atoms with E-state index in [1.807, 2.05) is 12.1 Å². The molecule has 0 bridgehead atoms. The highest BCUT2D eigenvalue weighted by Gasteiger charge is 2.25. The summed E-state index contributed by atoms with van der Waals surface area (Å²) in [5, 5.41) is 0.471. The van der Waals surface area contributed by atoms with Gasteiger partial charge in [-0.25, -0.2) is 0 Å². The highest BCUT2D eigenvalue weighted by molar-refractivity contribution is 8.00. The summed E-state index contributed by atoms with van der Waals surface area (Å²) >= 11 is 1.73. The second-order valence-electron chi connectivity index (χ2n) is 5.41. The largest absolute Gasteiger partial charge is 0.377 e. The minimum Gasteiger partial charge on any atom is -0.377 e. The lowest BCUT2D eigenvalue weighted by Gasteiger charge is -2.13. The lowest BCUT2D eigenvalue weighted by Crippen LogP contribution is -2.16. The first-order chi connectivity index (χ1) is 9.08. The molecule has 0 radical (unpaired) electrons. The van der Waals surface area contributed by atoms with Crippen molar-refractivity contribution in [3.63, 3.8) is 0 Å². The summed E-state index contributed by atoms with van der Waals surface area (Å²) in [6.07, 6.45) is 1.34. The third-order valence-electron chi connectivity index (χ3n) is 3.63. The molecule has 0 saturated carbocycles. The van der Waals surface area contributed by atoms with Gasteiger partial charge in [-0.15, -0.1) is 11.8 Å². The summed E-state index contributed by atoms with van der Waals surface area (Å²) in [7, 11) is 0. The second-order valence-corrected chi connectivity index (χ2v) is 6.64. The average Bonchev–Trinajstić information content (AvgIpc) is 2.81. The maximum Gasteiger partial charge on any atom is 0.172 e. The van der Waals surface area contributed by atoms with Crippen LogP contribution in [0.25, 0.3) is 0 Å². The van der Waals surface area contributed by atoms with E-state index in [2.05, 4.69) is 32.9 Å². The molecule has 2 unspecified atom stereocenters. The van der Waals surface area contributed by atoms with Crippen LogP contribution in [0.15, 0.2) is 24.3 Å². The maximum absolute atomic E-state index is 12.1. The van der Waals surface area contributed by atoms with Crippen LogP contribution in [0.5, 0.6) is 0 Å². The standard InChI is InChI=1S/C16H22O2S/c1-11(2)13-4-6-14(7-5-13)15(17)10-19-16-8-9-18-12(16)3/h4-7,11-12,16H,8-10H2,1-3H3. The first kappa shape index (κ1) is 14.6. The number of Topliss-reactive ketones (excluding diaryl/α,β-unsaturated/α-hetero) is 1. The molecule has 3 heteroatoms. The van der Waals surface area contributed by atoms with E-state index in [9.17, 15) is 4.79 Å². The summed E-state index contributed by atoms with van der Waals surface area (Å²) in [6.45, 7) is 7.24. The third-order valence-corrected chi connectivity index (χ3v) is 5.11. The Morgan fingerprint density at radius 2 is 2.05 bits per heavy atom. The van der Waals surface area contributed by atoms with Gasteiger partial charge < -0.3 is 4.74 Å². The SMILES string of the molecule is CC(C)c1ccc(C(=O)CSC2CCOC2C)cc1. The summed E-state index contributed by atoms with van der Waals surface area (Å²) in [5.41, 5.74) is 2.10. The van der Waals surface area contributed by atoms with Crippen molar-refractivity contribution in [2.45, 2.75) is 44.5 Å². The van der Waals surface area contributed by atoms with Crippen LogP contribution < -0.4 is 0 Å². The molecule has 1 fully saturated rings. The van der Waals surface area contributed by atoms with Crippen molar-refractivity contribution in [3.8, 4) is 0 Å². The van der Waals surface area contributed by atoms with E-state index in [-0.39, 0.29) is 11.9 Å². The van der Waals surface area contributed by atoms with Gasteiger partial charge in [0.05, 0.1) is 11.9 Å². The van der Waals surface area contributed by atoms with Crippen molar-refractivity contribution in [1.82, 2.24) is 0 Å². The monoisotopic (exact) mass is 278 g/mol. The maximum atomic E-state index is 12.1. The molecular formula is C16H22O2S. The molecule has 104 valence electrons. The molecular weight excluding hydrogens is 256 g/mol. The zero-order valence-corrected chi connectivity index (χ0v) is 12.7. The molecule has 2 nitrogen and oxygen atoms in total. The first-order valence-corrected chi connectivity index (χ1v) is 7.99. The third kappa shape index (κ3) is 3.83. The van der Waals surface area contributed by atoms with Crippen LogP contribution in [0, 0.1) is 0 Å². The number of carbonyl (C=O) groups is 1. The van der Waals surface area contributed by atoms with Gasteiger partial charge in [0.15, 0.2) is 5.78 Å². The number of rotatable bonds is 5. The van der Waals surface area contributed by atoms with Crippen molar-refractivity contribution in [1.29, 1.82) is 0 Å². The van der Waals surface area contributed by atoms with Crippen molar-refractivity contribution in [2.24, 2.45) is 0 Å². The van der Waals surface area contributed by atoms with Gasteiger partial charge in [0.1, 0.15) is 0 Å². The fourth-order valence-electron chi connectivity index (χ4n) is 2.25. The Morgan fingerprint density at radius 3 is 2.58 bits per heavy atom. The molecule has 2 atom stereocenters. The molecule has 1 saturated heterocycles. The zero-order chi connectivity index (χ0) is 13.8. The number of thioether (sulfide) groups is 1. The highest BCUT2D eigenvalue weighted by atomic mass is 32.2. The number of carbonyl (C=O) groups excluding carboxylic acids is 1. The average molecular weight is 278 g/mol. The predicted molar refractivity (Wildman–Crippen MR) is 81.1 cm³/mol. The molecule has 1 heterocycles. The number of hydrogen-bond donors (Lipinski definition) is 0. The van der Waals surface area contributed by atoms with E-state index in [1.54, 1.807) is 11.8 Å². The van der Waals surface area contributed by atoms with Gasteiger partial charge in [-0.3, -0.25) is 4.79 Å². The molecule has 1 aromatic carbocycles. The van der Waals surface area contributed by atoms with Gasteiger partial charge in [-0.2, -0.15) is 0 Å². The molecule has 19 heavy (non-hydrogen) atoms. The van der Waals surface area contributed by atoms with Crippen molar-refractivity contribution < 1.29 is 9.53 Å². The molecule has 0 spiro atoms. The van der Waals surface area contributed by atoms with Crippen molar-refractivity contribution in [2.75, 3.05) is 12.4 Å². The Balaban J connectivity index is 1.89. The van der Waals surface area contributed by atoms with E-state index >= 15 is 0 Å². The van der Waals surface area contributed by atoms with Crippen LogP contribution in [0.4, 0.5) is 0 Å². The van der Waals surface area contributed by atoms with Crippen molar-refractivity contribution >= 4 is 17.5 Å². The van der Waals surface area contributed by atoms with Crippen LogP contribution in [-0.2, 0) is 4.74 Å². The van der Waals surface area contributed by atoms with E-state index in [1.165, 1.54) is 5.56 Å². The van der Waals surface area contributed by atoms with Gasteiger partial charge in [0.2, 0.25) is 0 Å². The molecule has 0 aromatic heterocycles. The van der Waals surface area contributed by atoms with Gasteiger partial charge >= 0.3 is 0 Å². The van der Waals surface area contributed by atoms with Gasteiger partial charge in [-0.1, -0.05) is 38.1 Å². The number of ether oxygens (including phenoxy) is 1. The van der Waals surface area contributed by atoms with Gasteiger partial charge in [0.25, 0.3) is 0 Å².